The van der Waals surface area contributed by atoms with Gasteiger partial charge in [-0.25, -0.2) is 12.7 Å². The van der Waals surface area contributed by atoms with Gasteiger partial charge in [-0.15, -0.1) is 0 Å². The number of hydrogen-bond donors (Lipinski definition) is 1. The maximum Gasteiger partial charge on any atom is 0.211 e. The molecular weight excluding hydrogens is 422 g/mol. The first kappa shape index (κ1) is 17.4. The third-order valence-electron chi connectivity index (χ3n) is 3.83. The molecular formula is C14H19Br2NO3S. The van der Waals surface area contributed by atoms with E-state index in [0.717, 1.165) is 27.4 Å². The number of benzene rings is 1. The summed E-state index contributed by atoms with van der Waals surface area (Å²) in [6.07, 6.45) is 3.05. The number of aliphatic hydroxyl groups is 1. The van der Waals surface area contributed by atoms with Crippen LogP contribution in [0.4, 0.5) is 0 Å². The largest absolute Gasteiger partial charge is 0.388 e. The van der Waals surface area contributed by atoms with Gasteiger partial charge >= 0.3 is 0 Å². The topological polar surface area (TPSA) is 57.6 Å². The fraction of sp³-hybridized carbons (Fsp3) is 0.571. The second-order valence-corrected chi connectivity index (χ2v) is 9.30. The average molecular weight is 441 g/mol. The lowest BCUT2D eigenvalue weighted by atomic mass is 9.91. The van der Waals surface area contributed by atoms with Crippen LogP contribution in [0.2, 0.25) is 0 Å². The zero-order valence-corrected chi connectivity index (χ0v) is 15.8. The van der Waals surface area contributed by atoms with Crippen LogP contribution in [0.1, 0.15) is 30.9 Å². The zero-order valence-electron chi connectivity index (χ0n) is 11.8. The fourth-order valence-corrected chi connectivity index (χ4v) is 4.99. The van der Waals surface area contributed by atoms with E-state index in [2.05, 4.69) is 31.9 Å². The molecule has 2 atom stereocenters. The molecule has 2 rings (SSSR count). The molecule has 1 aliphatic rings. The molecule has 2 unspecified atom stereocenters. The molecule has 0 amide bonds. The number of aliphatic hydroxyl groups excluding tert-OH is 1. The van der Waals surface area contributed by atoms with Crippen LogP contribution in [0.25, 0.3) is 0 Å². The SMILES string of the molecule is CS(=O)(=O)N1CCCC(CC(O)c2ccc(Br)cc2Br)C1. The molecule has 1 aliphatic heterocycles. The van der Waals surface area contributed by atoms with Gasteiger partial charge < -0.3 is 5.11 Å². The maximum absolute atomic E-state index is 11.6. The smallest absolute Gasteiger partial charge is 0.211 e. The molecule has 0 aromatic heterocycles. The van der Waals surface area contributed by atoms with Crippen molar-refractivity contribution in [1.82, 2.24) is 4.31 Å². The van der Waals surface area contributed by atoms with Gasteiger partial charge in [0.05, 0.1) is 12.4 Å². The van der Waals surface area contributed by atoms with Gasteiger partial charge in [0.1, 0.15) is 0 Å². The van der Waals surface area contributed by atoms with Crippen molar-refractivity contribution in [3.63, 3.8) is 0 Å². The van der Waals surface area contributed by atoms with Crippen molar-refractivity contribution in [3.8, 4) is 0 Å². The zero-order chi connectivity index (χ0) is 15.6. The van der Waals surface area contributed by atoms with E-state index in [1.54, 1.807) is 0 Å². The van der Waals surface area contributed by atoms with Crippen LogP contribution in [0.5, 0.6) is 0 Å². The summed E-state index contributed by atoms with van der Waals surface area (Å²) in [5, 5.41) is 10.4. The van der Waals surface area contributed by atoms with Gasteiger partial charge in [0.15, 0.2) is 0 Å². The van der Waals surface area contributed by atoms with Crippen molar-refractivity contribution in [1.29, 1.82) is 0 Å². The van der Waals surface area contributed by atoms with Crippen LogP contribution >= 0.6 is 31.9 Å². The van der Waals surface area contributed by atoms with E-state index in [4.69, 9.17) is 0 Å². The van der Waals surface area contributed by atoms with E-state index in [9.17, 15) is 13.5 Å². The highest BCUT2D eigenvalue weighted by Crippen LogP contribution is 2.33. The highest BCUT2D eigenvalue weighted by molar-refractivity contribution is 9.11. The summed E-state index contributed by atoms with van der Waals surface area (Å²) in [5.41, 5.74) is 0.842. The molecule has 0 bridgehead atoms. The van der Waals surface area contributed by atoms with Crippen LogP contribution in [0.3, 0.4) is 0 Å². The minimum absolute atomic E-state index is 0.194. The summed E-state index contributed by atoms with van der Waals surface area (Å²) < 4.78 is 26.6. The third kappa shape index (κ3) is 4.76. The monoisotopic (exact) mass is 439 g/mol. The standard InChI is InChI=1S/C14H19Br2NO3S/c1-21(19,20)17-6-2-3-10(9-17)7-14(18)12-5-4-11(15)8-13(12)16/h4-5,8,10,14,18H,2-3,6-7,9H2,1H3. The van der Waals surface area contributed by atoms with Gasteiger partial charge in [0, 0.05) is 22.0 Å². The van der Waals surface area contributed by atoms with Crippen molar-refractivity contribution in [3.05, 3.63) is 32.7 Å². The Kier molecular flexibility index (Phi) is 5.87. The van der Waals surface area contributed by atoms with Crippen LogP contribution in [-0.2, 0) is 10.0 Å². The number of halogens is 2. The lowest BCUT2D eigenvalue weighted by Crippen LogP contribution is -2.39. The summed E-state index contributed by atoms with van der Waals surface area (Å²) >= 11 is 6.85. The second kappa shape index (κ2) is 7.08. The van der Waals surface area contributed by atoms with Crippen molar-refractivity contribution < 1.29 is 13.5 Å². The Morgan fingerprint density at radius 1 is 1.43 bits per heavy atom. The molecule has 118 valence electrons. The van der Waals surface area contributed by atoms with Gasteiger partial charge in [-0.05, 0) is 42.9 Å². The first-order chi connectivity index (χ1) is 9.77. The molecule has 4 nitrogen and oxygen atoms in total. The summed E-state index contributed by atoms with van der Waals surface area (Å²) in [6.45, 7) is 1.09. The third-order valence-corrected chi connectivity index (χ3v) is 6.28. The number of hydrogen-bond acceptors (Lipinski definition) is 3. The molecule has 21 heavy (non-hydrogen) atoms. The number of sulfonamides is 1. The Labute approximate surface area is 142 Å². The molecule has 0 spiro atoms. The van der Waals surface area contributed by atoms with Gasteiger partial charge in [0.2, 0.25) is 10.0 Å². The second-order valence-electron chi connectivity index (χ2n) is 5.55. The van der Waals surface area contributed by atoms with Crippen LogP contribution in [0, 0.1) is 5.92 Å². The number of rotatable bonds is 4. The van der Waals surface area contributed by atoms with Gasteiger partial charge in [-0.3, -0.25) is 0 Å². The summed E-state index contributed by atoms with van der Waals surface area (Å²) in [5.74, 6) is 0.194. The van der Waals surface area contributed by atoms with Crippen molar-refractivity contribution in [2.75, 3.05) is 19.3 Å². The first-order valence-electron chi connectivity index (χ1n) is 6.85. The van der Waals surface area contributed by atoms with E-state index < -0.39 is 16.1 Å². The van der Waals surface area contributed by atoms with E-state index >= 15 is 0 Å². The van der Waals surface area contributed by atoms with Crippen molar-refractivity contribution in [2.45, 2.75) is 25.4 Å². The first-order valence-corrected chi connectivity index (χ1v) is 10.3. The van der Waals surface area contributed by atoms with Crippen molar-refractivity contribution >= 4 is 41.9 Å². The highest BCUT2D eigenvalue weighted by Gasteiger charge is 2.28. The van der Waals surface area contributed by atoms with Gasteiger partial charge in [-0.2, -0.15) is 0 Å². The Morgan fingerprint density at radius 3 is 2.76 bits per heavy atom. The summed E-state index contributed by atoms with van der Waals surface area (Å²) in [6, 6.07) is 5.69. The Hall–Kier alpha value is 0.0500. The van der Waals surface area contributed by atoms with Crippen molar-refractivity contribution in [2.24, 2.45) is 5.92 Å². The van der Waals surface area contributed by atoms with Gasteiger partial charge in [0.25, 0.3) is 0 Å². The normalized spacial score (nSPS) is 22.2. The molecule has 1 aromatic carbocycles. The fourth-order valence-electron chi connectivity index (χ4n) is 2.73. The molecule has 0 radical (unpaired) electrons. The van der Waals surface area contributed by atoms with E-state index in [0.29, 0.717) is 19.5 Å². The van der Waals surface area contributed by atoms with Crippen LogP contribution in [0.15, 0.2) is 27.1 Å². The highest BCUT2D eigenvalue weighted by atomic mass is 79.9. The number of nitrogens with zero attached hydrogens (tertiary/aromatic N) is 1. The molecule has 1 N–H and O–H groups in total. The number of piperidine rings is 1. The molecule has 7 heteroatoms. The Morgan fingerprint density at radius 2 is 2.14 bits per heavy atom. The molecule has 1 aromatic rings. The average Bonchev–Trinajstić information content (AvgIpc) is 2.37. The van der Waals surface area contributed by atoms with Gasteiger partial charge in [-0.1, -0.05) is 37.9 Å². The predicted octanol–water partition coefficient (Wildman–Crippen LogP) is 3.31. The lowest BCUT2D eigenvalue weighted by molar-refractivity contribution is 0.122. The maximum atomic E-state index is 11.6. The molecule has 1 fully saturated rings. The molecule has 0 saturated carbocycles. The minimum atomic E-state index is -3.14. The molecule has 1 heterocycles. The quantitative estimate of drug-likeness (QED) is 0.781. The Balaban J connectivity index is 2.03. The summed E-state index contributed by atoms with van der Waals surface area (Å²) in [4.78, 5) is 0. The van der Waals surface area contributed by atoms with Crippen LogP contribution in [-0.4, -0.2) is 37.2 Å². The Bertz CT molecular complexity index is 606. The van der Waals surface area contributed by atoms with Crippen LogP contribution < -0.4 is 0 Å². The minimum Gasteiger partial charge on any atom is -0.388 e. The van der Waals surface area contributed by atoms with E-state index in [1.165, 1.54) is 10.6 Å². The molecule has 1 saturated heterocycles. The predicted molar refractivity (Wildman–Crippen MR) is 90.6 cm³/mol. The van der Waals surface area contributed by atoms with E-state index in [1.807, 2.05) is 18.2 Å². The lowest BCUT2D eigenvalue weighted by Gasteiger charge is -2.32. The molecule has 0 aliphatic carbocycles. The van der Waals surface area contributed by atoms with E-state index in [-0.39, 0.29) is 5.92 Å². The summed E-state index contributed by atoms with van der Waals surface area (Å²) in [7, 11) is -3.14.